The van der Waals surface area contributed by atoms with Crippen LogP contribution in [0.15, 0.2) is 49.6 Å². The lowest BCUT2D eigenvalue weighted by molar-refractivity contribution is -0.230. The van der Waals surface area contributed by atoms with E-state index in [-0.39, 0.29) is 12.2 Å². The Morgan fingerprint density at radius 2 is 0.519 bits per heavy atom. The molecule has 0 radical (unpaired) electrons. The second kappa shape index (κ2) is 20.5. The normalized spacial score (nSPS) is 15.9. The van der Waals surface area contributed by atoms with E-state index in [0.717, 1.165) is 70.2 Å². The van der Waals surface area contributed by atoms with Crippen LogP contribution in [-0.4, -0.2) is 149 Å². The molecule has 0 rings (SSSR count). The predicted molar refractivity (Wildman–Crippen MR) is 164 cm³/mol. The second-order valence-electron chi connectivity index (χ2n) is 12.2. The molecule has 0 aliphatic heterocycles. The smallest absolute Gasteiger partial charge is 0.293 e. The fourth-order valence-electron chi connectivity index (χ4n) is 4.05. The quantitative estimate of drug-likeness (QED) is 0.143. The van der Waals surface area contributed by atoms with Crippen molar-refractivity contribution in [3.8, 4) is 0 Å². The highest BCUT2D eigenvalue weighted by molar-refractivity contribution is 5.12. The number of hydrogen-bond donors (Lipinski definition) is 0. The molecule has 0 aromatic heterocycles. The Kier molecular flexibility index (Phi) is 22.1. The molecule has 24 heteroatoms. The van der Waals surface area contributed by atoms with Gasteiger partial charge in [0.05, 0.1) is 0 Å². The van der Waals surface area contributed by atoms with Gasteiger partial charge in [0, 0.05) is 0 Å². The molecular formula is C30H44F20N4. The van der Waals surface area contributed by atoms with Crippen molar-refractivity contribution in [1.29, 1.82) is 0 Å². The first-order valence-electron chi connectivity index (χ1n) is 14.3. The lowest BCUT2D eigenvalue weighted by Crippen LogP contribution is -2.54. The molecule has 0 bridgehead atoms. The van der Waals surface area contributed by atoms with E-state index in [2.05, 4.69) is 26.3 Å². The first-order valence-corrected chi connectivity index (χ1v) is 14.3. The van der Waals surface area contributed by atoms with Crippen LogP contribution < -0.4 is 0 Å². The summed E-state index contributed by atoms with van der Waals surface area (Å²) in [7, 11) is 7.57. The van der Waals surface area contributed by atoms with Gasteiger partial charge in [-0.15, -0.1) is 0 Å². The average molecular weight is 841 g/mol. The van der Waals surface area contributed by atoms with Crippen LogP contribution >= 0.6 is 0 Å². The summed E-state index contributed by atoms with van der Waals surface area (Å²) in [5.41, 5.74) is -1.60. The Morgan fingerprint density at radius 3 is 0.556 bits per heavy atom. The highest BCUT2D eigenvalue weighted by atomic mass is 19.4. The maximum Gasteiger partial charge on any atom is 0.410 e. The Hall–Kier alpha value is -2.60. The van der Waals surface area contributed by atoms with Crippen LogP contribution in [0.3, 0.4) is 0 Å². The SMILES string of the molecule is C=C(C)C(F)(F)C(N(C)C)C(F)(F)F.C=C(C)C(F)(F)C(N(C)C)C(F)(F)F.C=CC(F)(F)C(N(C)C)C(F)(F)F.C=CC(F)(F)C(N(C)C)C(F)(F)F. The molecule has 0 aromatic carbocycles. The third kappa shape index (κ3) is 18.4. The van der Waals surface area contributed by atoms with Gasteiger partial charge in [0.1, 0.15) is 0 Å². The Bertz CT molecular complexity index is 1070. The van der Waals surface area contributed by atoms with Crippen LogP contribution in [0.4, 0.5) is 87.8 Å². The third-order valence-electron chi connectivity index (χ3n) is 6.40. The Balaban J connectivity index is -0.000000309. The molecule has 0 fully saturated rings. The second-order valence-corrected chi connectivity index (χ2v) is 12.2. The van der Waals surface area contributed by atoms with Crippen molar-refractivity contribution in [3.63, 3.8) is 0 Å². The largest absolute Gasteiger partial charge is 0.410 e. The fourth-order valence-corrected chi connectivity index (χ4v) is 4.05. The lowest BCUT2D eigenvalue weighted by Gasteiger charge is -2.33. The summed E-state index contributed by atoms with van der Waals surface area (Å²) in [5, 5.41) is 0. The van der Waals surface area contributed by atoms with E-state index in [4.69, 9.17) is 0 Å². The predicted octanol–water partition coefficient (Wildman–Crippen LogP) is 9.98. The minimum absolute atomic E-state index is 0.00512. The molecule has 4 unspecified atom stereocenters. The Morgan fingerprint density at radius 1 is 0.370 bits per heavy atom. The van der Waals surface area contributed by atoms with Crippen LogP contribution in [0.2, 0.25) is 0 Å². The zero-order chi connectivity index (χ0) is 45.2. The monoisotopic (exact) mass is 840 g/mol. The molecule has 0 aliphatic rings. The molecule has 0 heterocycles. The van der Waals surface area contributed by atoms with Gasteiger partial charge in [-0.1, -0.05) is 26.3 Å². The van der Waals surface area contributed by atoms with Gasteiger partial charge in [-0.25, -0.2) is 0 Å². The van der Waals surface area contributed by atoms with Gasteiger partial charge in [-0.05, 0) is 93.5 Å². The van der Waals surface area contributed by atoms with Crippen LogP contribution in [0.5, 0.6) is 0 Å². The molecule has 0 aromatic rings. The van der Waals surface area contributed by atoms with Crippen molar-refractivity contribution in [3.05, 3.63) is 49.6 Å². The molecule has 4 atom stereocenters. The van der Waals surface area contributed by atoms with Crippen molar-refractivity contribution < 1.29 is 87.8 Å². The summed E-state index contributed by atoms with van der Waals surface area (Å²) < 4.78 is 249. The van der Waals surface area contributed by atoms with E-state index in [0.29, 0.717) is 19.6 Å². The molecule has 4 nitrogen and oxygen atoms in total. The van der Waals surface area contributed by atoms with Crippen molar-refractivity contribution >= 4 is 0 Å². The van der Waals surface area contributed by atoms with E-state index in [1.165, 1.54) is 0 Å². The highest BCUT2D eigenvalue weighted by Crippen LogP contribution is 2.40. The minimum atomic E-state index is -4.98. The number of hydrogen-bond acceptors (Lipinski definition) is 4. The molecular weight excluding hydrogens is 796 g/mol. The summed E-state index contributed by atoms with van der Waals surface area (Å²) in [6, 6.07) is -11.3. The van der Waals surface area contributed by atoms with Gasteiger partial charge >= 0.3 is 24.7 Å². The fraction of sp³-hybridized carbons (Fsp3) is 0.733. The standard InChI is InChI=1S/2C8H12F5N.2C7H10F5N/c2*1-5(2)7(9,10)6(14(3)4)8(11,12)13;2*1-4-6(8,9)5(13(2)3)7(10,11)12/h2*6H,1H2,2-4H3;2*4-5H,1H2,2-3H3. The number of nitrogens with zero attached hydrogens (tertiary/aromatic N) is 4. The molecule has 0 spiro atoms. The summed E-state index contributed by atoms with van der Waals surface area (Å²) in [6.07, 6.45) is -19.9. The summed E-state index contributed by atoms with van der Waals surface area (Å²) >= 11 is 0. The number of alkyl halides is 20. The van der Waals surface area contributed by atoms with E-state index < -0.39 is 83.7 Å². The van der Waals surface area contributed by atoms with Crippen LogP contribution in [0.1, 0.15) is 13.8 Å². The van der Waals surface area contributed by atoms with Gasteiger partial charge in [0.2, 0.25) is 0 Å². The minimum Gasteiger partial charge on any atom is -0.293 e. The third-order valence-corrected chi connectivity index (χ3v) is 6.40. The topological polar surface area (TPSA) is 13.0 Å². The molecule has 0 N–H and O–H groups in total. The first-order chi connectivity index (χ1) is 23.3. The van der Waals surface area contributed by atoms with Gasteiger partial charge in [-0.2, -0.15) is 87.8 Å². The number of rotatable bonds is 12. The van der Waals surface area contributed by atoms with Crippen LogP contribution in [-0.2, 0) is 0 Å². The van der Waals surface area contributed by atoms with Crippen LogP contribution in [0, 0.1) is 0 Å². The van der Waals surface area contributed by atoms with Gasteiger partial charge in [-0.3, -0.25) is 19.6 Å². The van der Waals surface area contributed by atoms with Gasteiger partial charge in [0.25, 0.3) is 23.7 Å². The van der Waals surface area contributed by atoms with E-state index in [1.807, 2.05) is 0 Å². The zero-order valence-corrected chi connectivity index (χ0v) is 30.6. The summed E-state index contributed by atoms with van der Waals surface area (Å²) in [5.74, 6) is -15.9. The van der Waals surface area contributed by atoms with Crippen molar-refractivity contribution in [1.82, 2.24) is 19.6 Å². The highest BCUT2D eigenvalue weighted by Gasteiger charge is 2.59. The number of halogens is 20. The lowest BCUT2D eigenvalue weighted by atomic mass is 10.0. The first kappa shape index (κ1) is 58.1. The molecule has 324 valence electrons. The molecule has 0 aliphatic carbocycles. The molecule has 0 saturated carbocycles. The molecule has 0 amide bonds. The van der Waals surface area contributed by atoms with E-state index >= 15 is 0 Å². The van der Waals surface area contributed by atoms with Crippen molar-refractivity contribution in [2.75, 3.05) is 56.4 Å². The molecule has 0 saturated heterocycles. The molecule has 54 heavy (non-hydrogen) atoms. The van der Waals surface area contributed by atoms with Crippen LogP contribution in [0.25, 0.3) is 0 Å². The Labute approximate surface area is 300 Å². The van der Waals surface area contributed by atoms with E-state index in [9.17, 15) is 87.8 Å². The van der Waals surface area contributed by atoms with Gasteiger partial charge < -0.3 is 0 Å². The van der Waals surface area contributed by atoms with E-state index in [1.54, 1.807) is 0 Å². The summed E-state index contributed by atoms with van der Waals surface area (Å²) in [4.78, 5) is 1.72. The zero-order valence-electron chi connectivity index (χ0n) is 30.6. The van der Waals surface area contributed by atoms with Gasteiger partial charge in [0.15, 0.2) is 24.2 Å². The van der Waals surface area contributed by atoms with Crippen molar-refractivity contribution in [2.24, 2.45) is 0 Å². The maximum atomic E-state index is 13.1. The maximum absolute atomic E-state index is 13.1. The summed E-state index contributed by atoms with van der Waals surface area (Å²) in [6.45, 7) is 12.8. The van der Waals surface area contributed by atoms with Crippen molar-refractivity contribution in [2.45, 2.75) is 86.4 Å². The average Bonchev–Trinajstić information content (AvgIpc) is 2.84.